The normalized spacial score (nSPS) is 15.8. The zero-order valence-corrected chi connectivity index (χ0v) is 21.2. The minimum Gasteiger partial charge on any atom is -0.494 e. The Morgan fingerprint density at radius 2 is 1.86 bits per heavy atom. The molecule has 1 aliphatic rings. The first-order valence-electron chi connectivity index (χ1n) is 12.9. The molecule has 2 heterocycles. The number of hydrogen-bond acceptors (Lipinski definition) is 8. The van der Waals surface area contributed by atoms with Gasteiger partial charge in [0, 0.05) is 24.8 Å². The summed E-state index contributed by atoms with van der Waals surface area (Å²) in [6.45, 7) is 5.01. The zero-order chi connectivity index (χ0) is 27.5. The van der Waals surface area contributed by atoms with Gasteiger partial charge in [-0.3, -0.25) is 0 Å². The molecule has 186 valence electrons. The summed E-state index contributed by atoms with van der Waals surface area (Å²) in [7, 11) is -6.23. The zero-order valence-electron chi connectivity index (χ0n) is 22.6. The van der Waals surface area contributed by atoms with E-state index in [-0.39, 0.29) is 27.4 Å². The molecule has 1 fully saturated rings. The highest BCUT2D eigenvalue weighted by Gasteiger charge is 2.23. The molecule has 0 spiro atoms. The highest BCUT2D eigenvalue weighted by molar-refractivity contribution is 7.92. The number of hydrogen-bond donors (Lipinski definition) is 2. The van der Waals surface area contributed by atoms with Crippen molar-refractivity contribution in [3.05, 3.63) is 53.7 Å². The predicted octanol–water partition coefficient (Wildman–Crippen LogP) is 5.80. The van der Waals surface area contributed by atoms with E-state index in [0.717, 1.165) is 31.6 Å². The van der Waals surface area contributed by atoms with Crippen molar-refractivity contribution in [3.63, 3.8) is 0 Å². The van der Waals surface area contributed by atoms with Gasteiger partial charge in [-0.1, -0.05) is 23.7 Å². The van der Waals surface area contributed by atoms with Crippen LogP contribution in [0.25, 0.3) is 0 Å². The molecule has 0 unspecified atom stereocenters. The first-order chi connectivity index (χ1) is 17.9. The van der Waals surface area contributed by atoms with Crippen LogP contribution in [0, 0.1) is 0 Å². The Hall–Kier alpha value is -3.04. The molecule has 1 aromatic heterocycles. The summed E-state index contributed by atoms with van der Waals surface area (Å²) in [5.41, 5.74) is 1.56. The van der Waals surface area contributed by atoms with E-state index in [4.69, 9.17) is 20.5 Å². The van der Waals surface area contributed by atoms with Crippen LogP contribution in [0.15, 0.2) is 53.6 Å². The lowest BCUT2D eigenvalue weighted by molar-refractivity contribution is 0.416. The van der Waals surface area contributed by atoms with Crippen molar-refractivity contribution in [2.45, 2.75) is 43.3 Å². The highest BCUT2D eigenvalue weighted by Crippen LogP contribution is 2.34. The van der Waals surface area contributed by atoms with Gasteiger partial charge in [0.25, 0.3) is 0 Å². The Morgan fingerprint density at radius 3 is 2.60 bits per heavy atom. The van der Waals surface area contributed by atoms with Crippen LogP contribution in [-0.2, 0) is 9.84 Å². The van der Waals surface area contributed by atoms with Gasteiger partial charge in [0.15, 0.2) is 15.7 Å². The second-order valence-electron chi connectivity index (χ2n) is 8.56. The fourth-order valence-corrected chi connectivity index (χ4v) is 5.22. The van der Waals surface area contributed by atoms with Gasteiger partial charge in [-0.15, -0.1) is 0 Å². The maximum absolute atomic E-state index is 12.8. The lowest BCUT2D eigenvalue weighted by atomic mass is 10.1. The number of halogens is 1. The van der Waals surface area contributed by atoms with Crippen LogP contribution in [0.2, 0.25) is 5.02 Å². The van der Waals surface area contributed by atoms with E-state index >= 15 is 0 Å². The van der Waals surface area contributed by atoms with Gasteiger partial charge in [0.05, 0.1) is 38.9 Å². The van der Waals surface area contributed by atoms with Crippen molar-refractivity contribution in [3.8, 4) is 5.75 Å². The number of piperidine rings is 1. The molecule has 1 saturated heterocycles. The molecule has 1 aliphatic heterocycles. The molecule has 8 nitrogen and oxygen atoms in total. The van der Waals surface area contributed by atoms with E-state index < -0.39 is 22.1 Å². The number of nitrogens with zero attached hydrogens (tertiary/aromatic N) is 3. The summed E-state index contributed by atoms with van der Waals surface area (Å²) < 4.78 is 53.8. The molecule has 35 heavy (non-hydrogen) atoms. The molecule has 3 aromatic rings. The van der Waals surface area contributed by atoms with Crippen molar-refractivity contribution >= 4 is 50.3 Å². The van der Waals surface area contributed by atoms with E-state index in [0.29, 0.717) is 11.4 Å². The molecule has 0 bridgehead atoms. The third-order valence-corrected chi connectivity index (χ3v) is 8.34. The Morgan fingerprint density at radius 1 is 1.09 bits per heavy atom. The summed E-state index contributed by atoms with van der Waals surface area (Å²) in [5, 5.41) is 5.57. The first kappa shape index (κ1) is 21.3. The number of para-hydroxylation sites is 1. The SMILES string of the molecule is [2H]C([2H])([2H])Oc1cc(N2CCCCC2)ccc1Nc1ncc(Cl)c(Nc2ccccc2S(=O)(=O)C(C)C)n1. The minimum atomic E-state index is -3.57. The van der Waals surface area contributed by atoms with Crippen LogP contribution >= 0.6 is 11.6 Å². The smallest absolute Gasteiger partial charge is 0.229 e. The molecule has 4 rings (SSSR count). The average Bonchev–Trinajstić information content (AvgIpc) is 2.87. The molecule has 10 heteroatoms. The van der Waals surface area contributed by atoms with Gasteiger partial charge in [-0.25, -0.2) is 13.4 Å². The molecule has 0 amide bonds. The van der Waals surface area contributed by atoms with Crippen LogP contribution < -0.4 is 20.3 Å². The molecular formula is C25H30ClN5O3S. The second-order valence-corrected chi connectivity index (χ2v) is 11.4. The minimum absolute atomic E-state index is 0.113. The molecule has 0 aliphatic carbocycles. The monoisotopic (exact) mass is 518 g/mol. The maximum atomic E-state index is 12.8. The lowest BCUT2D eigenvalue weighted by Gasteiger charge is -2.29. The van der Waals surface area contributed by atoms with Crippen molar-refractivity contribution in [1.82, 2.24) is 9.97 Å². The van der Waals surface area contributed by atoms with Crippen LogP contribution in [0.4, 0.5) is 28.8 Å². The molecular weight excluding hydrogens is 486 g/mol. The number of anilines is 5. The third-order valence-electron chi connectivity index (χ3n) is 5.85. The van der Waals surface area contributed by atoms with E-state index in [2.05, 4.69) is 25.5 Å². The fraction of sp³-hybridized carbons (Fsp3) is 0.360. The highest BCUT2D eigenvalue weighted by atomic mass is 35.5. The lowest BCUT2D eigenvalue weighted by Crippen LogP contribution is -2.29. The Balaban J connectivity index is 1.64. The molecule has 0 saturated carbocycles. The third kappa shape index (κ3) is 5.62. The van der Waals surface area contributed by atoms with Gasteiger partial charge in [-0.05, 0) is 57.4 Å². The van der Waals surface area contributed by atoms with E-state index in [1.54, 1.807) is 44.2 Å². The summed E-state index contributed by atoms with van der Waals surface area (Å²) in [5.74, 6) is 0.426. The maximum Gasteiger partial charge on any atom is 0.229 e. The van der Waals surface area contributed by atoms with Crippen molar-refractivity contribution in [2.75, 3.05) is 35.7 Å². The van der Waals surface area contributed by atoms with Gasteiger partial charge >= 0.3 is 0 Å². The quantitative estimate of drug-likeness (QED) is 0.386. The molecule has 2 N–H and O–H groups in total. The predicted molar refractivity (Wildman–Crippen MR) is 141 cm³/mol. The van der Waals surface area contributed by atoms with Crippen molar-refractivity contribution in [1.29, 1.82) is 0 Å². The molecule has 0 radical (unpaired) electrons. The summed E-state index contributed by atoms with van der Waals surface area (Å²) in [4.78, 5) is 10.9. The number of rotatable bonds is 8. The summed E-state index contributed by atoms with van der Waals surface area (Å²) >= 11 is 6.33. The van der Waals surface area contributed by atoms with Gasteiger partial charge in [-0.2, -0.15) is 4.98 Å². The Labute approximate surface area is 215 Å². The Bertz CT molecular complexity index is 1400. The summed E-state index contributed by atoms with van der Waals surface area (Å²) in [6.07, 6.45) is 4.69. The van der Waals surface area contributed by atoms with Crippen molar-refractivity contribution < 1.29 is 17.3 Å². The number of methoxy groups -OCH3 is 1. The fourth-order valence-electron chi connectivity index (χ4n) is 3.88. The van der Waals surface area contributed by atoms with Crippen molar-refractivity contribution in [2.24, 2.45) is 0 Å². The average molecular weight is 519 g/mol. The molecule has 2 aromatic carbocycles. The second kappa shape index (κ2) is 10.7. The van der Waals surface area contributed by atoms with Crippen LogP contribution in [0.1, 0.15) is 37.2 Å². The first-order valence-corrected chi connectivity index (χ1v) is 13.3. The van der Waals surface area contributed by atoms with Gasteiger partial charge in [0.1, 0.15) is 10.8 Å². The van der Waals surface area contributed by atoms with Gasteiger partial charge < -0.3 is 20.3 Å². The number of ether oxygens (including phenoxy) is 1. The standard InChI is InChI=1S/C25H30ClN5O3S/c1-17(2)35(32,33)23-10-6-5-9-21(23)28-24-19(26)16-27-25(30-24)29-20-12-11-18(15-22(20)34-3)31-13-7-4-8-14-31/h5-6,9-12,15-17H,4,7-8,13-14H2,1-3H3,(H2,27,28,29,30)/i3D3. The largest absolute Gasteiger partial charge is 0.494 e. The van der Waals surface area contributed by atoms with E-state index in [1.165, 1.54) is 18.7 Å². The number of sulfone groups is 1. The van der Waals surface area contributed by atoms with E-state index in [9.17, 15) is 8.42 Å². The van der Waals surface area contributed by atoms with Crippen LogP contribution in [-0.4, -0.2) is 43.8 Å². The van der Waals surface area contributed by atoms with Crippen LogP contribution in [0.3, 0.4) is 0 Å². The van der Waals surface area contributed by atoms with E-state index in [1.807, 2.05) is 6.07 Å². The number of benzene rings is 2. The number of nitrogens with one attached hydrogen (secondary N) is 2. The summed E-state index contributed by atoms with van der Waals surface area (Å²) in [6, 6.07) is 11.8. The van der Waals surface area contributed by atoms with Crippen LogP contribution in [0.5, 0.6) is 5.75 Å². The molecule has 0 atom stereocenters. The topological polar surface area (TPSA) is 96.5 Å². The number of aromatic nitrogens is 2. The Kier molecular flexibility index (Phi) is 6.50. The van der Waals surface area contributed by atoms with Gasteiger partial charge in [0.2, 0.25) is 5.95 Å².